The van der Waals surface area contributed by atoms with Crippen molar-refractivity contribution in [3.05, 3.63) is 70.7 Å². The van der Waals surface area contributed by atoms with Gasteiger partial charge in [0.1, 0.15) is 0 Å². The molecule has 39 heavy (non-hydrogen) atoms. The highest BCUT2D eigenvalue weighted by atomic mass is 79.9. The molecule has 198 valence electrons. The molecular formula is C30H31BrN8. The van der Waals surface area contributed by atoms with Gasteiger partial charge < -0.3 is 20.4 Å². The minimum absolute atomic E-state index is 0.542. The maximum Gasteiger partial charge on any atom is 0.150 e. The molecule has 4 aromatic rings. The van der Waals surface area contributed by atoms with Crippen molar-refractivity contribution in [1.29, 1.82) is 0 Å². The van der Waals surface area contributed by atoms with Gasteiger partial charge in [-0.25, -0.2) is 9.97 Å². The maximum absolute atomic E-state index is 4.81. The second-order valence-electron chi connectivity index (χ2n) is 10.8. The van der Waals surface area contributed by atoms with E-state index in [0.29, 0.717) is 12.1 Å². The first-order valence-corrected chi connectivity index (χ1v) is 14.4. The average molecular weight is 584 g/mol. The van der Waals surface area contributed by atoms with Crippen LogP contribution in [0.1, 0.15) is 24.2 Å². The third-order valence-electron chi connectivity index (χ3n) is 7.96. The SMILES string of the molecule is Cc1ccc(-c2ccc3c(n2)N[C@H]2CCN3C2)cn1.Cc1ccc(-c2nc3c(cc2Br)N2CC[C@@H](C2)N3)cn1. The molecule has 0 aromatic carbocycles. The Kier molecular flexibility index (Phi) is 6.11. The van der Waals surface area contributed by atoms with E-state index in [2.05, 4.69) is 76.7 Å². The van der Waals surface area contributed by atoms with Gasteiger partial charge in [0.05, 0.1) is 22.8 Å². The van der Waals surface area contributed by atoms with Crippen molar-refractivity contribution in [2.75, 3.05) is 46.6 Å². The Hall–Kier alpha value is -3.72. The van der Waals surface area contributed by atoms with Gasteiger partial charge in [-0.1, -0.05) is 0 Å². The highest BCUT2D eigenvalue weighted by molar-refractivity contribution is 9.10. The van der Waals surface area contributed by atoms with E-state index in [4.69, 9.17) is 9.97 Å². The Morgan fingerprint density at radius 2 is 1.36 bits per heavy atom. The van der Waals surface area contributed by atoms with E-state index in [9.17, 15) is 0 Å². The van der Waals surface area contributed by atoms with E-state index in [1.54, 1.807) is 0 Å². The number of hydrogen-bond acceptors (Lipinski definition) is 8. The summed E-state index contributed by atoms with van der Waals surface area (Å²) in [5.41, 5.74) is 8.54. The van der Waals surface area contributed by atoms with Crippen LogP contribution in [0.15, 0.2) is 59.3 Å². The van der Waals surface area contributed by atoms with Crippen LogP contribution in [0.4, 0.5) is 23.0 Å². The van der Waals surface area contributed by atoms with Crippen molar-refractivity contribution in [2.45, 2.75) is 38.8 Å². The van der Waals surface area contributed by atoms with Crippen LogP contribution in [-0.2, 0) is 0 Å². The van der Waals surface area contributed by atoms with Gasteiger partial charge in [-0.15, -0.1) is 0 Å². The van der Waals surface area contributed by atoms with Gasteiger partial charge in [0.25, 0.3) is 0 Å². The first-order valence-electron chi connectivity index (χ1n) is 13.6. The molecule has 8 nitrogen and oxygen atoms in total. The highest BCUT2D eigenvalue weighted by Gasteiger charge is 2.32. The topological polar surface area (TPSA) is 82.1 Å². The zero-order chi connectivity index (χ0) is 26.5. The van der Waals surface area contributed by atoms with Crippen molar-refractivity contribution in [3.63, 3.8) is 0 Å². The Balaban J connectivity index is 0.000000130. The van der Waals surface area contributed by atoms with Gasteiger partial charge in [0.15, 0.2) is 11.6 Å². The Morgan fingerprint density at radius 3 is 2.00 bits per heavy atom. The molecule has 2 N–H and O–H groups in total. The number of halogens is 1. The second-order valence-corrected chi connectivity index (χ2v) is 11.6. The molecule has 8 heterocycles. The molecule has 4 aliphatic rings. The molecule has 0 spiro atoms. The quantitative estimate of drug-likeness (QED) is 0.312. The van der Waals surface area contributed by atoms with Gasteiger partial charge in [0.2, 0.25) is 0 Å². The second kappa shape index (κ2) is 9.79. The first-order chi connectivity index (χ1) is 19.0. The van der Waals surface area contributed by atoms with Crippen LogP contribution in [0.2, 0.25) is 0 Å². The van der Waals surface area contributed by atoms with Crippen LogP contribution < -0.4 is 20.4 Å². The normalized spacial score (nSPS) is 19.9. The third kappa shape index (κ3) is 4.69. The van der Waals surface area contributed by atoms with Crippen molar-refractivity contribution < 1.29 is 0 Å². The first kappa shape index (κ1) is 24.3. The summed E-state index contributed by atoms with van der Waals surface area (Å²) in [7, 11) is 0. The van der Waals surface area contributed by atoms with E-state index >= 15 is 0 Å². The lowest BCUT2D eigenvalue weighted by molar-refractivity contribution is 0.788. The van der Waals surface area contributed by atoms with Gasteiger partial charge in [-0.2, -0.15) is 0 Å². The highest BCUT2D eigenvalue weighted by Crippen LogP contribution is 2.39. The number of aryl methyl sites for hydroxylation is 2. The fraction of sp³-hybridized carbons (Fsp3) is 0.333. The molecule has 2 saturated heterocycles. The van der Waals surface area contributed by atoms with E-state index in [1.807, 2.05) is 38.4 Å². The number of anilines is 4. The number of pyridine rings is 4. The standard InChI is InChI=1S/C15H15BrN4.C15H16N4/c1-9-2-3-10(7-17-9)14-12(16)6-13-15(19-14)18-11-4-5-20(13)8-11;1-10-2-3-11(8-16-10)13-4-5-14-15(18-13)17-12-6-7-19(14)9-12/h2-3,6-7,11H,4-5,8H2,1H3,(H,18,19);2-5,8,12H,6-7,9H2,1H3,(H,17,18)/t11-;12-/m00/s1. The lowest BCUT2D eigenvalue weighted by atomic mass is 10.1. The number of nitrogens with zero attached hydrogens (tertiary/aromatic N) is 6. The zero-order valence-corrected chi connectivity index (χ0v) is 23.7. The summed E-state index contributed by atoms with van der Waals surface area (Å²) < 4.78 is 1.02. The Labute approximate surface area is 237 Å². The van der Waals surface area contributed by atoms with Crippen molar-refractivity contribution >= 4 is 38.9 Å². The van der Waals surface area contributed by atoms with Crippen LogP contribution in [0, 0.1) is 13.8 Å². The van der Waals surface area contributed by atoms with E-state index in [0.717, 1.165) is 76.2 Å². The summed E-state index contributed by atoms with van der Waals surface area (Å²) in [6.07, 6.45) is 6.17. The fourth-order valence-corrected chi connectivity index (χ4v) is 6.35. The molecule has 9 heteroatoms. The van der Waals surface area contributed by atoms with Crippen LogP contribution in [0.3, 0.4) is 0 Å². The summed E-state index contributed by atoms with van der Waals surface area (Å²) in [4.78, 5) is 23.1. The summed E-state index contributed by atoms with van der Waals surface area (Å²) in [5, 5.41) is 7.08. The number of nitrogens with one attached hydrogen (secondary N) is 2. The van der Waals surface area contributed by atoms with E-state index < -0.39 is 0 Å². The Morgan fingerprint density at radius 1 is 0.744 bits per heavy atom. The number of aromatic nitrogens is 4. The maximum atomic E-state index is 4.81. The van der Waals surface area contributed by atoms with Crippen molar-refractivity contribution in [1.82, 2.24) is 19.9 Å². The molecule has 0 amide bonds. The van der Waals surface area contributed by atoms with Gasteiger partial charge >= 0.3 is 0 Å². The minimum atomic E-state index is 0.542. The predicted octanol–water partition coefficient (Wildman–Crippen LogP) is 5.67. The average Bonchev–Trinajstić information content (AvgIpc) is 3.53. The van der Waals surface area contributed by atoms with Crippen LogP contribution in [0.25, 0.3) is 22.5 Å². The molecule has 4 aliphatic heterocycles. The molecule has 2 atom stereocenters. The molecule has 2 fully saturated rings. The molecule has 4 aromatic heterocycles. The lowest BCUT2D eigenvalue weighted by Crippen LogP contribution is -2.32. The summed E-state index contributed by atoms with van der Waals surface area (Å²) >= 11 is 3.66. The zero-order valence-electron chi connectivity index (χ0n) is 22.2. The molecular weight excluding hydrogens is 552 g/mol. The predicted molar refractivity (Wildman–Crippen MR) is 161 cm³/mol. The van der Waals surface area contributed by atoms with Crippen molar-refractivity contribution in [3.8, 4) is 22.5 Å². The van der Waals surface area contributed by atoms with Crippen LogP contribution in [0.5, 0.6) is 0 Å². The fourth-order valence-electron chi connectivity index (χ4n) is 5.81. The number of fused-ring (bicyclic) bond motifs is 8. The summed E-state index contributed by atoms with van der Waals surface area (Å²) in [5.74, 6) is 2.02. The van der Waals surface area contributed by atoms with Gasteiger partial charge in [-0.3, -0.25) is 9.97 Å². The van der Waals surface area contributed by atoms with Gasteiger partial charge in [-0.05, 0) is 85.1 Å². The smallest absolute Gasteiger partial charge is 0.150 e. The summed E-state index contributed by atoms with van der Waals surface area (Å²) in [6.45, 7) is 8.44. The molecule has 0 unspecified atom stereocenters. The lowest BCUT2D eigenvalue weighted by Gasteiger charge is -2.28. The largest absolute Gasteiger partial charge is 0.366 e. The monoisotopic (exact) mass is 582 g/mol. The molecule has 8 rings (SSSR count). The number of hydrogen-bond donors (Lipinski definition) is 2. The number of rotatable bonds is 2. The molecule has 0 radical (unpaired) electrons. The van der Waals surface area contributed by atoms with Crippen LogP contribution in [-0.4, -0.2) is 58.2 Å². The molecule has 0 aliphatic carbocycles. The molecule has 4 bridgehead atoms. The third-order valence-corrected chi connectivity index (χ3v) is 8.57. The Bertz CT molecular complexity index is 1520. The van der Waals surface area contributed by atoms with E-state index in [-0.39, 0.29) is 0 Å². The van der Waals surface area contributed by atoms with Gasteiger partial charge in [0, 0.05) is 77.6 Å². The minimum Gasteiger partial charge on any atom is -0.366 e. The molecule has 0 saturated carbocycles. The summed E-state index contributed by atoms with van der Waals surface area (Å²) in [6, 6.07) is 15.7. The van der Waals surface area contributed by atoms with E-state index in [1.165, 1.54) is 24.2 Å². The van der Waals surface area contributed by atoms with Crippen LogP contribution >= 0.6 is 15.9 Å². The van der Waals surface area contributed by atoms with Crippen molar-refractivity contribution in [2.24, 2.45) is 0 Å².